The van der Waals surface area contributed by atoms with Gasteiger partial charge in [-0.05, 0) is 12.1 Å². The van der Waals surface area contributed by atoms with Gasteiger partial charge in [0.1, 0.15) is 5.52 Å². The van der Waals surface area contributed by atoms with Crippen LogP contribution in [0.1, 0.15) is 31.8 Å². The third-order valence-electron chi connectivity index (χ3n) is 3.48. The first kappa shape index (κ1) is 10.2. The predicted molar refractivity (Wildman–Crippen MR) is 69.4 cm³/mol. The number of carbonyl (C=O) groups is 2. The highest BCUT2D eigenvalue weighted by Gasteiger charge is 2.31. The summed E-state index contributed by atoms with van der Waals surface area (Å²) in [7, 11) is 0. The van der Waals surface area contributed by atoms with Gasteiger partial charge in [0.25, 0.3) is 0 Å². The predicted octanol–water partition coefficient (Wildman–Crippen LogP) is 2.34. The number of fused-ring (bicyclic) bond motifs is 4. The number of H-pyrrole nitrogens is 1. The van der Waals surface area contributed by atoms with Crippen LogP contribution in [0.25, 0.3) is 11.0 Å². The standard InChI is InChI=1S/C15H8N2O2/c18-14-8-3-1-2-4-9(8)15(19)12-10(14)5-6-11-13(12)17-7-16-11/h1-7H,(H,16,17). The Morgan fingerprint density at radius 2 is 1.58 bits per heavy atom. The smallest absolute Gasteiger partial charge is 0.196 e. The van der Waals surface area contributed by atoms with Crippen LogP contribution < -0.4 is 0 Å². The first-order valence-electron chi connectivity index (χ1n) is 5.92. The fraction of sp³-hybridized carbons (Fsp3) is 0. The molecule has 90 valence electrons. The molecule has 0 saturated heterocycles. The van der Waals surface area contributed by atoms with E-state index in [1.807, 2.05) is 0 Å². The first-order chi connectivity index (χ1) is 9.27. The Balaban J connectivity index is 2.14. The Hall–Kier alpha value is -2.75. The molecule has 1 heterocycles. The van der Waals surface area contributed by atoms with Crippen LogP contribution in [-0.4, -0.2) is 21.5 Å². The summed E-state index contributed by atoms with van der Waals surface area (Å²) >= 11 is 0. The van der Waals surface area contributed by atoms with E-state index in [9.17, 15) is 9.59 Å². The second kappa shape index (κ2) is 3.38. The molecule has 0 spiro atoms. The minimum Gasteiger partial charge on any atom is -0.345 e. The number of nitrogens with zero attached hydrogens (tertiary/aromatic N) is 1. The molecular formula is C15H8N2O2. The molecule has 0 unspecified atom stereocenters. The van der Waals surface area contributed by atoms with Crippen molar-refractivity contribution in [2.24, 2.45) is 0 Å². The molecule has 0 radical (unpaired) electrons. The van der Waals surface area contributed by atoms with Crippen molar-refractivity contribution in [2.75, 3.05) is 0 Å². The van der Waals surface area contributed by atoms with E-state index in [0.29, 0.717) is 27.8 Å². The molecule has 3 aromatic rings. The molecule has 0 saturated carbocycles. The summed E-state index contributed by atoms with van der Waals surface area (Å²) in [4.78, 5) is 32.1. The van der Waals surface area contributed by atoms with Crippen LogP contribution in [0, 0.1) is 0 Å². The van der Waals surface area contributed by atoms with E-state index in [1.165, 1.54) is 6.33 Å². The van der Waals surface area contributed by atoms with Crippen molar-refractivity contribution < 1.29 is 9.59 Å². The summed E-state index contributed by atoms with van der Waals surface area (Å²) < 4.78 is 0. The quantitative estimate of drug-likeness (QED) is 0.519. The Morgan fingerprint density at radius 3 is 2.37 bits per heavy atom. The summed E-state index contributed by atoms with van der Waals surface area (Å²) in [6, 6.07) is 10.4. The molecule has 1 N–H and O–H groups in total. The highest BCUT2D eigenvalue weighted by atomic mass is 16.1. The largest absolute Gasteiger partial charge is 0.345 e. The molecule has 4 heteroatoms. The lowest BCUT2D eigenvalue weighted by atomic mass is 9.83. The van der Waals surface area contributed by atoms with Gasteiger partial charge in [0.2, 0.25) is 0 Å². The molecule has 1 aliphatic carbocycles. The lowest BCUT2D eigenvalue weighted by Gasteiger charge is -2.17. The third kappa shape index (κ3) is 1.20. The van der Waals surface area contributed by atoms with E-state index in [-0.39, 0.29) is 11.6 Å². The number of nitrogens with one attached hydrogen (secondary N) is 1. The van der Waals surface area contributed by atoms with Crippen molar-refractivity contribution in [3.8, 4) is 0 Å². The van der Waals surface area contributed by atoms with Crippen LogP contribution in [0.4, 0.5) is 0 Å². The molecule has 4 nitrogen and oxygen atoms in total. The van der Waals surface area contributed by atoms with E-state index in [4.69, 9.17) is 0 Å². The number of hydrogen-bond donors (Lipinski definition) is 1. The monoisotopic (exact) mass is 248 g/mol. The zero-order chi connectivity index (χ0) is 13.0. The van der Waals surface area contributed by atoms with Gasteiger partial charge in [0, 0.05) is 16.7 Å². The Kier molecular flexibility index (Phi) is 1.82. The number of benzene rings is 2. The highest BCUT2D eigenvalue weighted by molar-refractivity contribution is 6.31. The summed E-state index contributed by atoms with van der Waals surface area (Å²) in [6.07, 6.45) is 1.53. The summed E-state index contributed by atoms with van der Waals surface area (Å²) in [6.45, 7) is 0. The Labute approximate surface area is 108 Å². The maximum atomic E-state index is 12.6. The van der Waals surface area contributed by atoms with Gasteiger partial charge in [-0.25, -0.2) is 4.98 Å². The van der Waals surface area contributed by atoms with Crippen LogP contribution in [0.2, 0.25) is 0 Å². The van der Waals surface area contributed by atoms with Crippen molar-refractivity contribution in [2.45, 2.75) is 0 Å². The molecule has 2 aromatic carbocycles. The number of rotatable bonds is 0. The van der Waals surface area contributed by atoms with Gasteiger partial charge in [0.05, 0.1) is 17.4 Å². The molecule has 1 aromatic heterocycles. The van der Waals surface area contributed by atoms with Crippen LogP contribution in [0.15, 0.2) is 42.7 Å². The third-order valence-corrected chi connectivity index (χ3v) is 3.48. The fourth-order valence-electron chi connectivity index (χ4n) is 2.59. The number of hydrogen-bond acceptors (Lipinski definition) is 3. The number of ketones is 2. The van der Waals surface area contributed by atoms with Crippen molar-refractivity contribution in [1.29, 1.82) is 0 Å². The van der Waals surface area contributed by atoms with E-state index in [2.05, 4.69) is 9.97 Å². The molecule has 4 rings (SSSR count). The zero-order valence-electron chi connectivity index (χ0n) is 9.81. The van der Waals surface area contributed by atoms with E-state index >= 15 is 0 Å². The maximum absolute atomic E-state index is 12.6. The van der Waals surface area contributed by atoms with Gasteiger partial charge in [-0.2, -0.15) is 0 Å². The number of aromatic nitrogens is 2. The summed E-state index contributed by atoms with van der Waals surface area (Å²) in [5.74, 6) is -0.252. The maximum Gasteiger partial charge on any atom is 0.196 e. The van der Waals surface area contributed by atoms with Gasteiger partial charge in [-0.3, -0.25) is 9.59 Å². The molecule has 0 amide bonds. The summed E-state index contributed by atoms with van der Waals surface area (Å²) in [5.41, 5.74) is 3.08. The van der Waals surface area contributed by atoms with Crippen molar-refractivity contribution >= 4 is 22.6 Å². The topological polar surface area (TPSA) is 62.8 Å². The van der Waals surface area contributed by atoms with Crippen molar-refractivity contribution in [1.82, 2.24) is 9.97 Å². The normalized spacial score (nSPS) is 13.5. The Morgan fingerprint density at radius 1 is 0.842 bits per heavy atom. The van der Waals surface area contributed by atoms with Crippen LogP contribution in [-0.2, 0) is 0 Å². The van der Waals surface area contributed by atoms with Gasteiger partial charge in [0.15, 0.2) is 11.6 Å². The molecule has 0 fully saturated rings. The number of imidazole rings is 1. The van der Waals surface area contributed by atoms with Crippen LogP contribution in [0.3, 0.4) is 0 Å². The van der Waals surface area contributed by atoms with E-state index in [0.717, 1.165) is 5.52 Å². The molecule has 0 aliphatic heterocycles. The van der Waals surface area contributed by atoms with E-state index < -0.39 is 0 Å². The zero-order valence-corrected chi connectivity index (χ0v) is 9.81. The van der Waals surface area contributed by atoms with Gasteiger partial charge < -0.3 is 4.98 Å². The molecule has 0 bridgehead atoms. The van der Waals surface area contributed by atoms with E-state index in [1.54, 1.807) is 36.4 Å². The molecular weight excluding hydrogens is 240 g/mol. The number of carbonyl (C=O) groups excluding carboxylic acids is 2. The average molecular weight is 248 g/mol. The van der Waals surface area contributed by atoms with Crippen molar-refractivity contribution in [3.05, 3.63) is 65.0 Å². The minimum atomic E-state index is -0.136. The molecule has 1 aliphatic rings. The average Bonchev–Trinajstić information content (AvgIpc) is 2.92. The van der Waals surface area contributed by atoms with Gasteiger partial charge in [-0.15, -0.1) is 0 Å². The summed E-state index contributed by atoms with van der Waals surface area (Å²) in [5, 5.41) is 0. The molecule has 19 heavy (non-hydrogen) atoms. The lowest BCUT2D eigenvalue weighted by molar-refractivity contribution is 0.0980. The SMILES string of the molecule is O=C1c2ccccc2C(=O)c2c1ccc1[nH]cnc21. The lowest BCUT2D eigenvalue weighted by Crippen LogP contribution is -2.21. The Bertz CT molecular complexity index is 861. The molecule has 0 atom stereocenters. The van der Waals surface area contributed by atoms with Gasteiger partial charge in [-0.1, -0.05) is 24.3 Å². The minimum absolute atomic E-state index is 0.116. The van der Waals surface area contributed by atoms with Crippen molar-refractivity contribution in [3.63, 3.8) is 0 Å². The van der Waals surface area contributed by atoms with Crippen LogP contribution in [0.5, 0.6) is 0 Å². The fourth-order valence-corrected chi connectivity index (χ4v) is 2.59. The van der Waals surface area contributed by atoms with Gasteiger partial charge >= 0.3 is 0 Å². The number of aromatic amines is 1. The highest BCUT2D eigenvalue weighted by Crippen LogP contribution is 2.30. The second-order valence-corrected chi connectivity index (χ2v) is 4.49. The first-order valence-corrected chi connectivity index (χ1v) is 5.92. The van der Waals surface area contributed by atoms with Crippen LogP contribution >= 0.6 is 0 Å². The second-order valence-electron chi connectivity index (χ2n) is 4.49.